The fraction of sp³-hybridized carbons (Fsp3) is 0.846. The van der Waals surface area contributed by atoms with Gasteiger partial charge in [0.2, 0.25) is 5.13 Å². The minimum absolute atomic E-state index is 0.810. The smallest absolute Gasteiger partial charge is 0.205 e. The van der Waals surface area contributed by atoms with Crippen LogP contribution >= 0.6 is 11.5 Å². The van der Waals surface area contributed by atoms with E-state index in [1.165, 1.54) is 25.9 Å². The van der Waals surface area contributed by atoms with Crippen LogP contribution in [-0.4, -0.2) is 35.5 Å². The van der Waals surface area contributed by atoms with Crippen LogP contribution < -0.4 is 10.2 Å². The fourth-order valence-electron chi connectivity index (χ4n) is 2.42. The molecule has 4 nitrogen and oxygen atoms in total. The maximum atomic E-state index is 4.65. The summed E-state index contributed by atoms with van der Waals surface area (Å²) in [5.41, 5.74) is 0. The monoisotopic (exact) mass is 268 g/mol. The van der Waals surface area contributed by atoms with E-state index in [-0.39, 0.29) is 0 Å². The lowest BCUT2D eigenvalue weighted by atomic mass is 9.98. The van der Waals surface area contributed by atoms with Gasteiger partial charge in [-0.25, -0.2) is 4.98 Å². The van der Waals surface area contributed by atoms with Gasteiger partial charge >= 0.3 is 0 Å². The van der Waals surface area contributed by atoms with Crippen molar-refractivity contribution >= 4 is 16.7 Å². The molecule has 1 N–H and O–H groups in total. The molecule has 1 aliphatic rings. The molecule has 1 fully saturated rings. The van der Waals surface area contributed by atoms with Gasteiger partial charge in [0.05, 0.1) is 0 Å². The van der Waals surface area contributed by atoms with Gasteiger partial charge in [-0.3, -0.25) is 0 Å². The highest BCUT2D eigenvalue weighted by atomic mass is 32.1. The molecule has 0 spiro atoms. The number of hydrogen-bond acceptors (Lipinski definition) is 5. The van der Waals surface area contributed by atoms with Crippen molar-refractivity contribution in [1.29, 1.82) is 0 Å². The van der Waals surface area contributed by atoms with E-state index in [1.807, 2.05) is 0 Å². The van der Waals surface area contributed by atoms with E-state index in [1.54, 1.807) is 11.5 Å². The van der Waals surface area contributed by atoms with E-state index in [0.717, 1.165) is 42.8 Å². The van der Waals surface area contributed by atoms with Crippen molar-refractivity contribution in [2.75, 3.05) is 31.1 Å². The van der Waals surface area contributed by atoms with Crippen LogP contribution in [0, 0.1) is 5.92 Å². The first-order valence-electron chi connectivity index (χ1n) is 7.11. The summed E-state index contributed by atoms with van der Waals surface area (Å²) in [6, 6.07) is 0. The minimum Gasteiger partial charge on any atom is -0.347 e. The average molecular weight is 268 g/mol. The van der Waals surface area contributed by atoms with Crippen molar-refractivity contribution in [3.05, 3.63) is 5.82 Å². The second-order valence-electron chi connectivity index (χ2n) is 4.98. The van der Waals surface area contributed by atoms with Crippen LogP contribution in [-0.2, 0) is 6.42 Å². The zero-order chi connectivity index (χ0) is 12.8. The Hall–Kier alpha value is -0.680. The lowest BCUT2D eigenvalue weighted by molar-refractivity contribution is 0.374. The van der Waals surface area contributed by atoms with E-state index < -0.39 is 0 Å². The number of hydrogen-bond donors (Lipinski definition) is 1. The highest BCUT2D eigenvalue weighted by Gasteiger charge is 2.18. The van der Waals surface area contributed by atoms with Crippen LogP contribution in [0.5, 0.6) is 0 Å². The van der Waals surface area contributed by atoms with Crippen LogP contribution in [0.4, 0.5) is 5.13 Å². The van der Waals surface area contributed by atoms with Crippen LogP contribution in [0.25, 0.3) is 0 Å². The summed E-state index contributed by atoms with van der Waals surface area (Å²) in [7, 11) is 0. The Kier molecular flexibility index (Phi) is 5.38. The Morgan fingerprint density at radius 2 is 2.11 bits per heavy atom. The maximum absolute atomic E-state index is 4.65. The SMILES string of the molecule is CCCc1nsc(N(CC)CC2CCNCC2)n1. The van der Waals surface area contributed by atoms with Gasteiger partial charge in [0.25, 0.3) is 0 Å². The van der Waals surface area contributed by atoms with Crippen LogP contribution in [0.3, 0.4) is 0 Å². The summed E-state index contributed by atoms with van der Waals surface area (Å²) in [5.74, 6) is 1.82. The van der Waals surface area contributed by atoms with Crippen LogP contribution in [0.15, 0.2) is 0 Å². The molecule has 2 heterocycles. The predicted octanol–water partition coefficient (Wildman–Crippen LogP) is 2.32. The standard InChI is InChI=1S/C13H24N4S/c1-3-5-12-15-13(18-16-12)17(4-2)10-11-6-8-14-9-7-11/h11,14H,3-10H2,1-2H3. The van der Waals surface area contributed by atoms with Gasteiger partial charge in [0, 0.05) is 31.0 Å². The molecule has 2 rings (SSSR count). The van der Waals surface area contributed by atoms with Gasteiger partial charge in [-0.1, -0.05) is 6.92 Å². The number of anilines is 1. The van der Waals surface area contributed by atoms with Crippen LogP contribution in [0.1, 0.15) is 38.9 Å². The molecular weight excluding hydrogens is 244 g/mol. The van der Waals surface area contributed by atoms with E-state index in [2.05, 4.69) is 33.4 Å². The number of aromatic nitrogens is 2. The van der Waals surface area contributed by atoms with E-state index in [0.29, 0.717) is 0 Å². The first-order valence-corrected chi connectivity index (χ1v) is 7.89. The van der Waals surface area contributed by atoms with E-state index in [9.17, 15) is 0 Å². The quantitative estimate of drug-likeness (QED) is 0.859. The second-order valence-corrected chi connectivity index (χ2v) is 5.71. The second kappa shape index (κ2) is 7.04. The number of aryl methyl sites for hydroxylation is 1. The molecule has 0 bridgehead atoms. The number of piperidine rings is 1. The zero-order valence-electron chi connectivity index (χ0n) is 11.5. The predicted molar refractivity (Wildman–Crippen MR) is 77.4 cm³/mol. The average Bonchev–Trinajstić information content (AvgIpc) is 2.86. The lowest BCUT2D eigenvalue weighted by Gasteiger charge is -2.28. The Morgan fingerprint density at radius 3 is 2.78 bits per heavy atom. The molecule has 0 radical (unpaired) electrons. The van der Waals surface area contributed by atoms with Gasteiger partial charge in [0.15, 0.2) is 0 Å². The largest absolute Gasteiger partial charge is 0.347 e. The van der Waals surface area contributed by atoms with Gasteiger partial charge in [-0.05, 0) is 45.2 Å². The molecule has 0 aromatic carbocycles. The summed E-state index contributed by atoms with van der Waals surface area (Å²) >= 11 is 1.56. The molecule has 0 saturated carbocycles. The summed E-state index contributed by atoms with van der Waals surface area (Å²) in [4.78, 5) is 7.05. The lowest BCUT2D eigenvalue weighted by Crippen LogP contribution is -2.36. The molecule has 1 aromatic rings. The third-order valence-electron chi connectivity index (χ3n) is 3.52. The van der Waals surface area contributed by atoms with E-state index >= 15 is 0 Å². The Bertz CT molecular complexity index is 347. The van der Waals surface area contributed by atoms with Gasteiger partial charge in [-0.2, -0.15) is 4.37 Å². The fourth-order valence-corrected chi connectivity index (χ4v) is 3.20. The molecule has 5 heteroatoms. The first-order chi connectivity index (χ1) is 8.83. The van der Waals surface area contributed by atoms with Gasteiger partial charge in [-0.15, -0.1) is 0 Å². The van der Waals surface area contributed by atoms with Crippen molar-refractivity contribution in [2.45, 2.75) is 39.5 Å². The summed E-state index contributed by atoms with van der Waals surface area (Å²) in [5, 5.41) is 4.53. The Balaban J connectivity index is 1.93. The molecule has 1 aromatic heterocycles. The molecule has 18 heavy (non-hydrogen) atoms. The highest BCUT2D eigenvalue weighted by Crippen LogP contribution is 2.21. The third kappa shape index (κ3) is 3.65. The molecule has 0 unspecified atom stereocenters. The third-order valence-corrected chi connectivity index (χ3v) is 4.34. The minimum atomic E-state index is 0.810. The zero-order valence-corrected chi connectivity index (χ0v) is 12.3. The van der Waals surface area contributed by atoms with E-state index in [4.69, 9.17) is 0 Å². The van der Waals surface area contributed by atoms with Crippen molar-refractivity contribution < 1.29 is 0 Å². The Morgan fingerprint density at radius 1 is 1.33 bits per heavy atom. The summed E-state index contributed by atoms with van der Waals surface area (Å²) in [6.45, 7) is 8.89. The van der Waals surface area contributed by atoms with Gasteiger partial charge in [0.1, 0.15) is 5.82 Å². The van der Waals surface area contributed by atoms with Crippen molar-refractivity contribution in [3.8, 4) is 0 Å². The van der Waals surface area contributed by atoms with Crippen molar-refractivity contribution in [2.24, 2.45) is 5.92 Å². The normalized spacial score (nSPS) is 17.0. The van der Waals surface area contributed by atoms with Crippen molar-refractivity contribution in [1.82, 2.24) is 14.7 Å². The van der Waals surface area contributed by atoms with Gasteiger partial charge < -0.3 is 10.2 Å². The summed E-state index contributed by atoms with van der Waals surface area (Å²) in [6.07, 6.45) is 4.70. The highest BCUT2D eigenvalue weighted by molar-refractivity contribution is 7.09. The first kappa shape index (κ1) is 13.7. The number of nitrogens with zero attached hydrogens (tertiary/aromatic N) is 3. The molecular formula is C13H24N4S. The topological polar surface area (TPSA) is 41.1 Å². The Labute approximate surface area is 114 Å². The van der Waals surface area contributed by atoms with Crippen LogP contribution in [0.2, 0.25) is 0 Å². The molecule has 102 valence electrons. The molecule has 1 aliphatic heterocycles. The molecule has 0 amide bonds. The van der Waals surface area contributed by atoms with Crippen molar-refractivity contribution in [3.63, 3.8) is 0 Å². The number of rotatable bonds is 6. The molecule has 0 atom stereocenters. The summed E-state index contributed by atoms with van der Waals surface area (Å²) < 4.78 is 4.44. The molecule has 1 saturated heterocycles. The maximum Gasteiger partial charge on any atom is 0.205 e. The molecule has 0 aliphatic carbocycles. The number of nitrogens with one attached hydrogen (secondary N) is 1.